The van der Waals surface area contributed by atoms with Gasteiger partial charge in [-0.1, -0.05) is 12.1 Å². The molecule has 2 amide bonds. The van der Waals surface area contributed by atoms with Gasteiger partial charge in [-0.2, -0.15) is 0 Å². The van der Waals surface area contributed by atoms with Crippen LogP contribution in [0.2, 0.25) is 0 Å². The van der Waals surface area contributed by atoms with Crippen LogP contribution in [0.1, 0.15) is 11.3 Å². The molecule has 1 aliphatic heterocycles. The molecule has 0 bridgehead atoms. The van der Waals surface area contributed by atoms with Gasteiger partial charge in [0.05, 0.1) is 11.5 Å². The number of carbonyl (C=O) groups excluding carboxylic acids is 1. The number of hydrogen-bond donors (Lipinski definition) is 1. The molecule has 23 heavy (non-hydrogen) atoms. The molecule has 1 N–H and O–H groups in total. The van der Waals surface area contributed by atoms with Crippen LogP contribution in [0.4, 0.5) is 10.5 Å². The maximum absolute atomic E-state index is 12.2. The van der Waals surface area contributed by atoms with E-state index in [0.29, 0.717) is 11.4 Å². The topological polar surface area (TPSA) is 79.6 Å². The summed E-state index contributed by atoms with van der Waals surface area (Å²) >= 11 is 0. The van der Waals surface area contributed by atoms with Crippen LogP contribution in [0.5, 0.6) is 0 Å². The zero-order valence-electron chi connectivity index (χ0n) is 12.7. The summed E-state index contributed by atoms with van der Waals surface area (Å²) in [4.78, 5) is 13.6. The molecule has 1 aromatic heterocycles. The molecule has 1 aromatic carbocycles. The molecule has 0 spiro atoms. The summed E-state index contributed by atoms with van der Waals surface area (Å²) in [7, 11) is -3.31. The molecule has 2 heterocycles. The molecular weight excluding hydrogens is 316 g/mol. The van der Waals surface area contributed by atoms with Crippen LogP contribution in [-0.2, 0) is 15.6 Å². The van der Waals surface area contributed by atoms with Gasteiger partial charge in [0, 0.05) is 18.8 Å². The van der Waals surface area contributed by atoms with Crippen LogP contribution < -0.4 is 5.32 Å². The van der Waals surface area contributed by atoms with E-state index >= 15 is 0 Å². The maximum Gasteiger partial charge on any atom is 0.321 e. The van der Waals surface area contributed by atoms with Crippen LogP contribution in [0.15, 0.2) is 47.1 Å². The maximum atomic E-state index is 12.2. The van der Waals surface area contributed by atoms with Crippen LogP contribution in [0, 0.1) is 6.92 Å². The van der Waals surface area contributed by atoms with Crippen molar-refractivity contribution in [1.82, 2.24) is 4.90 Å². The molecule has 0 saturated carbocycles. The second-order valence-electron chi connectivity index (χ2n) is 5.71. The number of urea groups is 1. The Balaban J connectivity index is 1.55. The Labute approximate surface area is 135 Å². The van der Waals surface area contributed by atoms with E-state index in [2.05, 4.69) is 5.32 Å². The number of nitrogens with one attached hydrogen (secondary N) is 1. The summed E-state index contributed by atoms with van der Waals surface area (Å²) in [5.74, 6) is 0.297. The van der Waals surface area contributed by atoms with Gasteiger partial charge in [0.2, 0.25) is 0 Å². The van der Waals surface area contributed by atoms with Crippen molar-refractivity contribution in [2.75, 3.05) is 18.4 Å². The number of amides is 2. The van der Waals surface area contributed by atoms with E-state index in [0.717, 1.165) is 5.56 Å². The van der Waals surface area contributed by atoms with Gasteiger partial charge >= 0.3 is 6.03 Å². The number of anilines is 1. The van der Waals surface area contributed by atoms with Crippen molar-refractivity contribution in [3.8, 4) is 0 Å². The Morgan fingerprint density at radius 2 is 2.09 bits per heavy atom. The summed E-state index contributed by atoms with van der Waals surface area (Å²) < 4.78 is 29.5. The Kier molecular flexibility index (Phi) is 4.12. The fourth-order valence-corrected chi connectivity index (χ4v) is 4.08. The summed E-state index contributed by atoms with van der Waals surface area (Å²) in [6.45, 7) is 2.36. The Hall–Kier alpha value is -2.28. The minimum atomic E-state index is -3.31. The second-order valence-corrected chi connectivity index (χ2v) is 7.99. The van der Waals surface area contributed by atoms with Crippen LogP contribution >= 0.6 is 0 Å². The highest BCUT2D eigenvalue weighted by molar-refractivity contribution is 7.91. The van der Waals surface area contributed by atoms with Crippen molar-refractivity contribution in [3.63, 3.8) is 0 Å². The van der Waals surface area contributed by atoms with Crippen molar-refractivity contribution in [1.29, 1.82) is 0 Å². The molecule has 1 aliphatic rings. The third-order valence-corrected chi connectivity index (χ3v) is 5.84. The second kappa shape index (κ2) is 6.08. The van der Waals surface area contributed by atoms with Gasteiger partial charge in [0.15, 0.2) is 9.84 Å². The van der Waals surface area contributed by atoms with Gasteiger partial charge < -0.3 is 14.6 Å². The van der Waals surface area contributed by atoms with E-state index in [9.17, 15) is 13.2 Å². The number of likely N-dealkylation sites (tertiary alicyclic amines) is 1. The van der Waals surface area contributed by atoms with Gasteiger partial charge in [-0.15, -0.1) is 0 Å². The lowest BCUT2D eigenvalue weighted by Gasteiger charge is -2.38. The van der Waals surface area contributed by atoms with E-state index in [1.54, 1.807) is 18.2 Å². The van der Waals surface area contributed by atoms with E-state index in [1.165, 1.54) is 11.2 Å². The molecule has 0 atom stereocenters. The quantitative estimate of drug-likeness (QED) is 0.931. The van der Waals surface area contributed by atoms with E-state index < -0.39 is 15.1 Å². The highest BCUT2D eigenvalue weighted by Gasteiger charge is 2.40. The summed E-state index contributed by atoms with van der Waals surface area (Å²) in [6.07, 6.45) is 1.45. The lowest BCUT2D eigenvalue weighted by Crippen LogP contribution is -2.58. The average Bonchev–Trinajstić information content (AvgIpc) is 2.88. The van der Waals surface area contributed by atoms with Gasteiger partial charge in [-0.25, -0.2) is 13.2 Å². The van der Waals surface area contributed by atoms with Crippen molar-refractivity contribution < 1.29 is 17.6 Å². The van der Waals surface area contributed by atoms with E-state index in [1.807, 2.05) is 25.1 Å². The zero-order chi connectivity index (χ0) is 16.4. The molecule has 3 rings (SSSR count). The molecule has 2 aromatic rings. The van der Waals surface area contributed by atoms with E-state index in [-0.39, 0.29) is 24.9 Å². The van der Waals surface area contributed by atoms with E-state index in [4.69, 9.17) is 4.42 Å². The lowest BCUT2D eigenvalue weighted by molar-refractivity contribution is 0.182. The Bertz CT molecular complexity index is 793. The molecule has 122 valence electrons. The van der Waals surface area contributed by atoms with Crippen molar-refractivity contribution >= 4 is 21.6 Å². The number of furan rings is 1. The first-order chi connectivity index (χ1) is 10.9. The SMILES string of the molecule is Cc1cccc(NC(=O)N2CC(S(=O)(=O)Cc3ccco3)C2)c1. The summed E-state index contributed by atoms with van der Waals surface area (Å²) in [5, 5.41) is 2.24. The van der Waals surface area contributed by atoms with Gasteiger partial charge in [-0.05, 0) is 36.8 Å². The van der Waals surface area contributed by atoms with Crippen molar-refractivity contribution in [2.24, 2.45) is 0 Å². The largest absolute Gasteiger partial charge is 0.468 e. The average molecular weight is 334 g/mol. The van der Waals surface area contributed by atoms with Gasteiger partial charge in [-0.3, -0.25) is 0 Å². The minimum Gasteiger partial charge on any atom is -0.468 e. The highest BCUT2D eigenvalue weighted by atomic mass is 32.2. The fourth-order valence-electron chi connectivity index (χ4n) is 2.47. The number of carbonyl (C=O) groups is 1. The lowest BCUT2D eigenvalue weighted by atomic mass is 10.2. The summed E-state index contributed by atoms with van der Waals surface area (Å²) in [5.41, 5.74) is 1.75. The smallest absolute Gasteiger partial charge is 0.321 e. The molecule has 0 unspecified atom stereocenters. The number of sulfone groups is 1. The fraction of sp³-hybridized carbons (Fsp3) is 0.312. The van der Waals surface area contributed by atoms with Crippen molar-refractivity contribution in [2.45, 2.75) is 17.9 Å². The third kappa shape index (κ3) is 3.56. The Morgan fingerprint density at radius 1 is 1.30 bits per heavy atom. The number of rotatable bonds is 4. The van der Waals surface area contributed by atoms with Crippen LogP contribution in [-0.4, -0.2) is 37.7 Å². The van der Waals surface area contributed by atoms with Crippen molar-refractivity contribution in [3.05, 3.63) is 54.0 Å². The zero-order valence-corrected chi connectivity index (χ0v) is 13.5. The number of hydrogen-bond acceptors (Lipinski definition) is 4. The molecule has 1 fully saturated rings. The predicted molar refractivity (Wildman–Crippen MR) is 86.9 cm³/mol. The molecule has 0 aliphatic carbocycles. The monoisotopic (exact) mass is 334 g/mol. The summed E-state index contributed by atoms with van der Waals surface area (Å²) in [6, 6.07) is 10.5. The van der Waals surface area contributed by atoms with Gasteiger partial charge in [0.1, 0.15) is 11.5 Å². The first-order valence-corrected chi connectivity index (χ1v) is 9.02. The standard InChI is InChI=1S/C16H18N2O4S/c1-12-4-2-5-13(8-12)17-16(19)18-9-15(10-18)23(20,21)11-14-6-3-7-22-14/h2-8,15H,9-11H2,1H3,(H,17,19). The molecule has 6 nitrogen and oxygen atoms in total. The first-order valence-electron chi connectivity index (χ1n) is 7.30. The predicted octanol–water partition coefficient (Wildman–Crippen LogP) is 2.42. The highest BCUT2D eigenvalue weighted by Crippen LogP contribution is 2.22. The number of benzene rings is 1. The molecule has 7 heteroatoms. The number of aryl methyl sites for hydroxylation is 1. The molecular formula is C16H18N2O4S. The van der Waals surface area contributed by atoms with Crippen LogP contribution in [0.25, 0.3) is 0 Å². The van der Waals surface area contributed by atoms with Crippen LogP contribution in [0.3, 0.4) is 0 Å². The first kappa shape index (κ1) is 15.6. The number of nitrogens with zero attached hydrogens (tertiary/aromatic N) is 1. The molecule has 1 saturated heterocycles. The minimum absolute atomic E-state index is 0.127. The normalized spacial score (nSPS) is 15.3. The molecule has 0 radical (unpaired) electrons. The Morgan fingerprint density at radius 3 is 2.74 bits per heavy atom. The third-order valence-electron chi connectivity index (χ3n) is 3.84. The van der Waals surface area contributed by atoms with Gasteiger partial charge in [0.25, 0.3) is 0 Å².